The Hall–Kier alpha value is -1.54. The summed E-state index contributed by atoms with van der Waals surface area (Å²) in [6.07, 6.45) is 7.70. The Morgan fingerprint density at radius 1 is 1.25 bits per heavy atom. The molecule has 0 aliphatic heterocycles. The van der Waals surface area contributed by atoms with Crippen molar-refractivity contribution in [2.75, 3.05) is 19.6 Å². The molecule has 0 aromatic heterocycles. The quantitative estimate of drug-likeness (QED) is 0.541. The lowest BCUT2D eigenvalue weighted by atomic mass is 10.3. The van der Waals surface area contributed by atoms with Gasteiger partial charge in [-0.15, -0.1) is 6.42 Å². The second-order valence-corrected chi connectivity index (χ2v) is 3.04. The van der Waals surface area contributed by atoms with Crippen LogP contribution in [0.1, 0.15) is 26.7 Å². The van der Waals surface area contributed by atoms with Gasteiger partial charge in [0.05, 0.1) is 6.54 Å². The topological polar surface area (TPSA) is 77.8 Å². The van der Waals surface area contributed by atoms with Crippen molar-refractivity contribution in [2.45, 2.75) is 26.7 Å². The van der Waals surface area contributed by atoms with E-state index in [1.54, 1.807) is 0 Å². The summed E-state index contributed by atoms with van der Waals surface area (Å²) in [6.45, 7) is 7.37. The van der Waals surface area contributed by atoms with E-state index in [1.165, 1.54) is 12.8 Å². The fourth-order valence-electron chi connectivity index (χ4n) is 0.860. The molecule has 0 rings (SSSR count). The molecular formula is C11H19NO4. The number of rotatable bonds is 5. The molecule has 0 aromatic rings. The van der Waals surface area contributed by atoms with Gasteiger partial charge in [-0.05, 0) is 19.5 Å². The summed E-state index contributed by atoms with van der Waals surface area (Å²) >= 11 is 0. The number of terminal acetylenes is 1. The molecule has 0 aliphatic rings. The van der Waals surface area contributed by atoms with E-state index in [1.807, 2.05) is 0 Å². The summed E-state index contributed by atoms with van der Waals surface area (Å²) in [5.74, 6) is -0.995. The smallest absolute Gasteiger partial charge is 0.414 e. The molecule has 0 amide bonds. The third kappa shape index (κ3) is 12.5. The number of unbranched alkanes of at least 4 members (excludes halogenated alkanes) is 1. The molecule has 0 saturated carbocycles. The molecule has 0 bridgehead atoms. The number of hydrogen-bond acceptors (Lipinski definition) is 3. The van der Waals surface area contributed by atoms with Crippen molar-refractivity contribution in [1.29, 1.82) is 0 Å². The van der Waals surface area contributed by atoms with Crippen LogP contribution in [0.5, 0.6) is 0 Å². The first kappa shape index (κ1) is 16.9. The molecule has 0 unspecified atom stereocenters. The molecule has 0 saturated heterocycles. The van der Waals surface area contributed by atoms with Crippen LogP contribution in [0.15, 0.2) is 0 Å². The van der Waals surface area contributed by atoms with Crippen LogP contribution in [0.3, 0.4) is 0 Å². The van der Waals surface area contributed by atoms with Gasteiger partial charge in [0.1, 0.15) is 0 Å². The lowest BCUT2D eigenvalue weighted by Gasteiger charge is -2.15. The van der Waals surface area contributed by atoms with Crippen molar-refractivity contribution < 1.29 is 19.8 Å². The van der Waals surface area contributed by atoms with Gasteiger partial charge in [0, 0.05) is 0 Å². The largest absolute Gasteiger partial charge is 0.473 e. The van der Waals surface area contributed by atoms with Gasteiger partial charge in [-0.25, -0.2) is 9.59 Å². The van der Waals surface area contributed by atoms with E-state index in [0.29, 0.717) is 0 Å². The summed E-state index contributed by atoms with van der Waals surface area (Å²) in [5.41, 5.74) is 0. The standard InChI is InChI=1S/C9H17N.C2H2O4/c1-4-7-9-10(6-3)8-5-2;3-1(4)2(5)6/h2H,4,6-9H2,1,3H3;(H,3,4)(H,5,6). The maximum atomic E-state index is 9.10. The van der Waals surface area contributed by atoms with E-state index < -0.39 is 11.9 Å². The zero-order valence-electron chi connectivity index (χ0n) is 9.77. The lowest BCUT2D eigenvalue weighted by Crippen LogP contribution is -2.24. The van der Waals surface area contributed by atoms with Gasteiger partial charge in [-0.1, -0.05) is 26.2 Å². The van der Waals surface area contributed by atoms with E-state index in [-0.39, 0.29) is 0 Å². The highest BCUT2D eigenvalue weighted by atomic mass is 16.4. The maximum absolute atomic E-state index is 9.10. The van der Waals surface area contributed by atoms with Crippen LogP contribution in [-0.2, 0) is 9.59 Å². The Kier molecular flexibility index (Phi) is 12.2. The number of nitrogens with zero attached hydrogens (tertiary/aromatic N) is 1. The summed E-state index contributed by atoms with van der Waals surface area (Å²) in [4.78, 5) is 20.5. The van der Waals surface area contributed by atoms with Gasteiger partial charge < -0.3 is 10.2 Å². The van der Waals surface area contributed by atoms with Crippen molar-refractivity contribution in [1.82, 2.24) is 4.90 Å². The molecule has 0 heterocycles. The second-order valence-electron chi connectivity index (χ2n) is 3.04. The first-order valence-corrected chi connectivity index (χ1v) is 5.11. The minimum Gasteiger partial charge on any atom is -0.473 e. The van der Waals surface area contributed by atoms with E-state index in [2.05, 4.69) is 24.7 Å². The zero-order valence-corrected chi connectivity index (χ0v) is 9.77. The highest BCUT2D eigenvalue weighted by Gasteiger charge is 2.04. The normalized spacial score (nSPS) is 8.88. The molecule has 16 heavy (non-hydrogen) atoms. The second kappa shape index (κ2) is 11.5. The van der Waals surface area contributed by atoms with Gasteiger partial charge in [0.15, 0.2) is 0 Å². The van der Waals surface area contributed by atoms with Crippen molar-refractivity contribution in [3.8, 4) is 12.3 Å². The molecule has 5 nitrogen and oxygen atoms in total. The Balaban J connectivity index is 0. The van der Waals surface area contributed by atoms with Crippen LogP contribution >= 0.6 is 0 Å². The molecule has 0 aliphatic carbocycles. The molecular weight excluding hydrogens is 210 g/mol. The van der Waals surface area contributed by atoms with Crippen molar-refractivity contribution in [3.05, 3.63) is 0 Å². The van der Waals surface area contributed by atoms with Gasteiger partial charge >= 0.3 is 11.9 Å². The van der Waals surface area contributed by atoms with E-state index in [4.69, 9.17) is 26.2 Å². The zero-order chi connectivity index (χ0) is 13.0. The van der Waals surface area contributed by atoms with Crippen molar-refractivity contribution in [3.63, 3.8) is 0 Å². The van der Waals surface area contributed by atoms with E-state index >= 15 is 0 Å². The third-order valence-corrected chi connectivity index (χ3v) is 1.77. The number of carboxylic acids is 2. The maximum Gasteiger partial charge on any atom is 0.414 e. The van der Waals surface area contributed by atoms with E-state index in [0.717, 1.165) is 19.6 Å². The Bertz CT molecular complexity index is 233. The van der Waals surface area contributed by atoms with Crippen LogP contribution in [0.25, 0.3) is 0 Å². The predicted molar refractivity (Wildman–Crippen MR) is 61.1 cm³/mol. The fraction of sp³-hybridized carbons (Fsp3) is 0.636. The fourth-order valence-corrected chi connectivity index (χ4v) is 0.860. The minimum absolute atomic E-state index is 0.802. The Labute approximate surface area is 96.1 Å². The number of hydrogen-bond donors (Lipinski definition) is 2. The molecule has 0 atom stereocenters. The van der Waals surface area contributed by atoms with Crippen LogP contribution < -0.4 is 0 Å². The monoisotopic (exact) mass is 229 g/mol. The average Bonchev–Trinajstić information content (AvgIpc) is 2.25. The van der Waals surface area contributed by atoms with Gasteiger partial charge in [0.2, 0.25) is 0 Å². The molecule has 5 heteroatoms. The molecule has 0 fully saturated rings. The molecule has 0 spiro atoms. The highest BCUT2D eigenvalue weighted by Crippen LogP contribution is 1.92. The highest BCUT2D eigenvalue weighted by molar-refractivity contribution is 6.27. The first-order chi connectivity index (χ1) is 7.49. The first-order valence-electron chi connectivity index (χ1n) is 5.11. The van der Waals surface area contributed by atoms with Crippen LogP contribution in [0.4, 0.5) is 0 Å². The number of aliphatic carboxylic acids is 2. The third-order valence-electron chi connectivity index (χ3n) is 1.77. The number of carboxylic acid groups (broad SMARTS) is 2. The predicted octanol–water partition coefficient (Wildman–Crippen LogP) is 0.897. The number of carbonyl (C=O) groups is 2. The van der Waals surface area contributed by atoms with Crippen LogP contribution in [-0.4, -0.2) is 46.7 Å². The molecule has 2 N–H and O–H groups in total. The van der Waals surface area contributed by atoms with Crippen LogP contribution in [0, 0.1) is 12.3 Å². The lowest BCUT2D eigenvalue weighted by molar-refractivity contribution is -0.159. The Morgan fingerprint density at radius 2 is 1.75 bits per heavy atom. The minimum atomic E-state index is -1.82. The molecule has 0 radical (unpaired) electrons. The van der Waals surface area contributed by atoms with Crippen molar-refractivity contribution in [2.24, 2.45) is 0 Å². The van der Waals surface area contributed by atoms with Gasteiger partial charge in [-0.2, -0.15) is 0 Å². The molecule has 92 valence electrons. The Morgan fingerprint density at radius 3 is 2.00 bits per heavy atom. The summed E-state index contributed by atoms with van der Waals surface area (Å²) in [6, 6.07) is 0. The SMILES string of the molecule is C#CCN(CC)CCCC.O=C(O)C(=O)O. The average molecular weight is 229 g/mol. The summed E-state index contributed by atoms with van der Waals surface area (Å²) < 4.78 is 0. The summed E-state index contributed by atoms with van der Waals surface area (Å²) in [5, 5.41) is 14.8. The van der Waals surface area contributed by atoms with Crippen LogP contribution in [0.2, 0.25) is 0 Å². The molecule has 0 aromatic carbocycles. The van der Waals surface area contributed by atoms with Gasteiger partial charge in [0.25, 0.3) is 0 Å². The van der Waals surface area contributed by atoms with Crippen molar-refractivity contribution >= 4 is 11.9 Å². The van der Waals surface area contributed by atoms with E-state index in [9.17, 15) is 0 Å². The van der Waals surface area contributed by atoms with Gasteiger partial charge in [-0.3, -0.25) is 4.90 Å². The summed E-state index contributed by atoms with van der Waals surface area (Å²) in [7, 11) is 0.